The molecule has 0 amide bonds. The molecule has 88 valence electrons. The SMILES string of the molecule is CC1(N)CCc2cc3c(cc2C1)CCO3.Cl. The van der Waals surface area contributed by atoms with Crippen LogP contribution < -0.4 is 10.5 Å². The van der Waals surface area contributed by atoms with E-state index in [1.165, 1.54) is 16.7 Å². The molecule has 0 spiro atoms. The van der Waals surface area contributed by atoms with Gasteiger partial charge in [-0.25, -0.2) is 0 Å². The van der Waals surface area contributed by atoms with Gasteiger partial charge in [-0.2, -0.15) is 0 Å². The molecule has 1 aromatic carbocycles. The number of nitrogens with two attached hydrogens (primary N) is 1. The molecule has 2 aliphatic rings. The average Bonchev–Trinajstić information content (AvgIpc) is 2.60. The lowest BCUT2D eigenvalue weighted by atomic mass is 9.79. The van der Waals surface area contributed by atoms with E-state index < -0.39 is 0 Å². The zero-order chi connectivity index (χ0) is 10.5. The van der Waals surface area contributed by atoms with Gasteiger partial charge in [-0.05, 0) is 48.9 Å². The summed E-state index contributed by atoms with van der Waals surface area (Å²) in [5.41, 5.74) is 10.4. The first kappa shape index (κ1) is 11.7. The van der Waals surface area contributed by atoms with Crippen molar-refractivity contribution in [2.24, 2.45) is 5.73 Å². The molecule has 2 nitrogen and oxygen atoms in total. The van der Waals surface area contributed by atoms with Gasteiger partial charge >= 0.3 is 0 Å². The van der Waals surface area contributed by atoms with Gasteiger partial charge in [0.2, 0.25) is 0 Å². The smallest absolute Gasteiger partial charge is 0.122 e. The predicted molar refractivity (Wildman–Crippen MR) is 67.5 cm³/mol. The van der Waals surface area contributed by atoms with E-state index in [4.69, 9.17) is 10.5 Å². The highest BCUT2D eigenvalue weighted by molar-refractivity contribution is 5.85. The molecule has 1 unspecified atom stereocenters. The van der Waals surface area contributed by atoms with E-state index in [1.807, 2.05) is 0 Å². The maximum absolute atomic E-state index is 6.21. The summed E-state index contributed by atoms with van der Waals surface area (Å²) in [6.45, 7) is 3.00. The van der Waals surface area contributed by atoms with Crippen LogP contribution in [0.15, 0.2) is 12.1 Å². The topological polar surface area (TPSA) is 35.2 Å². The summed E-state index contributed by atoms with van der Waals surface area (Å²) in [7, 11) is 0. The second-order valence-electron chi connectivity index (χ2n) is 5.16. The van der Waals surface area contributed by atoms with Gasteiger partial charge < -0.3 is 10.5 Å². The Hall–Kier alpha value is -0.730. The molecule has 3 heteroatoms. The van der Waals surface area contributed by atoms with Crippen molar-refractivity contribution in [3.63, 3.8) is 0 Å². The largest absolute Gasteiger partial charge is 0.493 e. The van der Waals surface area contributed by atoms with Crippen molar-refractivity contribution in [1.82, 2.24) is 0 Å². The minimum Gasteiger partial charge on any atom is -0.493 e. The van der Waals surface area contributed by atoms with Crippen molar-refractivity contribution >= 4 is 12.4 Å². The maximum Gasteiger partial charge on any atom is 0.122 e. The number of fused-ring (bicyclic) bond motifs is 2. The van der Waals surface area contributed by atoms with Crippen molar-refractivity contribution in [3.8, 4) is 5.75 Å². The molecule has 1 heterocycles. The minimum atomic E-state index is -0.0132. The second-order valence-corrected chi connectivity index (χ2v) is 5.16. The highest BCUT2D eigenvalue weighted by Gasteiger charge is 2.27. The number of rotatable bonds is 0. The molecular weight excluding hydrogens is 222 g/mol. The summed E-state index contributed by atoms with van der Waals surface area (Å²) in [5, 5.41) is 0. The molecule has 0 aromatic heterocycles. The van der Waals surface area contributed by atoms with E-state index in [9.17, 15) is 0 Å². The average molecular weight is 240 g/mol. The molecule has 0 saturated carbocycles. The first-order chi connectivity index (χ1) is 7.14. The predicted octanol–water partition coefficient (Wildman–Crippen LogP) is 2.25. The fourth-order valence-corrected chi connectivity index (χ4v) is 2.66. The first-order valence-electron chi connectivity index (χ1n) is 5.70. The van der Waals surface area contributed by atoms with Crippen molar-refractivity contribution < 1.29 is 4.74 Å². The van der Waals surface area contributed by atoms with Gasteiger partial charge in [0.15, 0.2) is 0 Å². The zero-order valence-electron chi connectivity index (χ0n) is 9.58. The summed E-state index contributed by atoms with van der Waals surface area (Å²) in [6, 6.07) is 4.54. The van der Waals surface area contributed by atoms with Gasteiger partial charge in [0, 0.05) is 12.0 Å². The van der Waals surface area contributed by atoms with E-state index in [0.717, 1.165) is 38.0 Å². The Bertz CT molecular complexity index is 415. The molecule has 1 atom stereocenters. The zero-order valence-corrected chi connectivity index (χ0v) is 10.4. The molecule has 1 aliphatic heterocycles. The molecule has 0 bridgehead atoms. The fourth-order valence-electron chi connectivity index (χ4n) is 2.66. The van der Waals surface area contributed by atoms with Crippen LogP contribution in [0, 0.1) is 0 Å². The van der Waals surface area contributed by atoms with Crippen LogP contribution in [-0.4, -0.2) is 12.1 Å². The van der Waals surface area contributed by atoms with Gasteiger partial charge in [0.05, 0.1) is 6.61 Å². The third-order valence-corrected chi connectivity index (χ3v) is 3.57. The Morgan fingerprint density at radius 2 is 2.00 bits per heavy atom. The molecule has 16 heavy (non-hydrogen) atoms. The highest BCUT2D eigenvalue weighted by atomic mass is 35.5. The molecule has 0 radical (unpaired) electrons. The lowest BCUT2D eigenvalue weighted by molar-refractivity contribution is 0.355. The summed E-state index contributed by atoms with van der Waals surface area (Å²) in [5.74, 6) is 1.11. The molecule has 1 aromatic rings. The molecular formula is C13H18ClNO. The van der Waals surface area contributed by atoms with Crippen LogP contribution in [0.25, 0.3) is 0 Å². The van der Waals surface area contributed by atoms with Crippen LogP contribution in [0.4, 0.5) is 0 Å². The van der Waals surface area contributed by atoms with Crippen molar-refractivity contribution in [2.45, 2.75) is 38.1 Å². The fraction of sp³-hybridized carbons (Fsp3) is 0.538. The van der Waals surface area contributed by atoms with Crippen LogP contribution in [0.2, 0.25) is 0 Å². The van der Waals surface area contributed by atoms with E-state index >= 15 is 0 Å². The number of hydrogen-bond acceptors (Lipinski definition) is 2. The minimum absolute atomic E-state index is 0. The van der Waals surface area contributed by atoms with Gasteiger partial charge in [0.1, 0.15) is 5.75 Å². The van der Waals surface area contributed by atoms with Crippen LogP contribution in [0.5, 0.6) is 5.75 Å². The molecule has 0 fully saturated rings. The second kappa shape index (κ2) is 3.94. The molecule has 3 rings (SSSR count). The molecule has 1 aliphatic carbocycles. The van der Waals surface area contributed by atoms with E-state index in [1.54, 1.807) is 0 Å². The Labute approximate surface area is 103 Å². The maximum atomic E-state index is 6.21. The first-order valence-corrected chi connectivity index (χ1v) is 5.70. The number of halogens is 1. The summed E-state index contributed by atoms with van der Waals surface area (Å²) < 4.78 is 5.59. The summed E-state index contributed by atoms with van der Waals surface area (Å²) in [6.07, 6.45) is 4.25. The van der Waals surface area contributed by atoms with E-state index in [2.05, 4.69) is 19.1 Å². The number of aryl methyl sites for hydroxylation is 1. The molecule has 2 N–H and O–H groups in total. The summed E-state index contributed by atoms with van der Waals surface area (Å²) >= 11 is 0. The Balaban J connectivity index is 0.000000963. The third kappa shape index (κ3) is 1.92. The standard InChI is InChI=1S/C13H17NO.ClH/c1-13(14)4-2-9-7-12-10(3-5-15-12)6-11(9)8-13;/h6-7H,2-5,8,14H2,1H3;1H. The lowest BCUT2D eigenvalue weighted by Crippen LogP contribution is -2.41. The summed E-state index contributed by atoms with van der Waals surface area (Å²) in [4.78, 5) is 0. The number of benzene rings is 1. The van der Waals surface area contributed by atoms with Crippen LogP contribution in [0.3, 0.4) is 0 Å². The van der Waals surface area contributed by atoms with E-state index in [-0.39, 0.29) is 17.9 Å². The monoisotopic (exact) mass is 239 g/mol. The Kier molecular flexibility index (Phi) is 2.89. The Morgan fingerprint density at radius 1 is 1.19 bits per heavy atom. The quantitative estimate of drug-likeness (QED) is 0.754. The van der Waals surface area contributed by atoms with Crippen molar-refractivity contribution in [1.29, 1.82) is 0 Å². The Morgan fingerprint density at radius 3 is 2.81 bits per heavy atom. The third-order valence-electron chi connectivity index (χ3n) is 3.57. The number of hydrogen-bond donors (Lipinski definition) is 1. The van der Waals surface area contributed by atoms with Gasteiger partial charge in [0.25, 0.3) is 0 Å². The van der Waals surface area contributed by atoms with Crippen LogP contribution in [0.1, 0.15) is 30.0 Å². The van der Waals surface area contributed by atoms with Crippen molar-refractivity contribution in [2.75, 3.05) is 6.61 Å². The lowest BCUT2D eigenvalue weighted by Gasteiger charge is -2.31. The van der Waals surface area contributed by atoms with Crippen LogP contribution in [-0.2, 0) is 19.3 Å². The highest BCUT2D eigenvalue weighted by Crippen LogP contribution is 2.34. The van der Waals surface area contributed by atoms with Gasteiger partial charge in [-0.1, -0.05) is 6.07 Å². The molecule has 0 saturated heterocycles. The van der Waals surface area contributed by atoms with Gasteiger partial charge in [-0.3, -0.25) is 0 Å². The number of ether oxygens (including phenoxy) is 1. The van der Waals surface area contributed by atoms with Crippen molar-refractivity contribution in [3.05, 3.63) is 28.8 Å². The van der Waals surface area contributed by atoms with Crippen LogP contribution >= 0.6 is 12.4 Å². The van der Waals surface area contributed by atoms with E-state index in [0.29, 0.717) is 0 Å². The van der Waals surface area contributed by atoms with Gasteiger partial charge in [-0.15, -0.1) is 12.4 Å². The normalized spacial score (nSPS) is 26.4.